The summed E-state index contributed by atoms with van der Waals surface area (Å²) >= 11 is 0. The SMILES string of the molecule is CCCC[N+](C)=c1cc2oc3cc(N(C)C)ccc3c(-c3ccccc3C(=O)O)c-2cc1C. The molecule has 5 nitrogen and oxygen atoms in total. The number of carboxylic acid groups (broad SMARTS) is 1. The molecule has 0 saturated heterocycles. The number of hydrogen-bond acceptors (Lipinski definition) is 3. The largest absolute Gasteiger partial charge is 0.478 e. The maximum Gasteiger partial charge on any atom is 0.336 e. The van der Waals surface area contributed by atoms with Crippen molar-refractivity contribution in [2.24, 2.45) is 0 Å². The minimum Gasteiger partial charge on any atom is -0.478 e. The predicted octanol–water partition coefficient (Wildman–Crippen LogP) is 5.48. The molecule has 0 bridgehead atoms. The highest BCUT2D eigenvalue weighted by atomic mass is 16.4. The van der Waals surface area contributed by atoms with E-state index < -0.39 is 5.97 Å². The van der Waals surface area contributed by atoms with E-state index in [9.17, 15) is 9.90 Å². The maximum atomic E-state index is 12.1. The van der Waals surface area contributed by atoms with Gasteiger partial charge >= 0.3 is 5.97 Å². The number of aromatic carboxylic acids is 1. The molecule has 5 heteroatoms. The van der Waals surface area contributed by atoms with Crippen LogP contribution in [0, 0.1) is 6.92 Å². The van der Waals surface area contributed by atoms with Crippen LogP contribution in [0.15, 0.2) is 59.0 Å². The molecule has 0 unspecified atom stereocenters. The van der Waals surface area contributed by atoms with E-state index in [1.54, 1.807) is 12.1 Å². The molecule has 4 rings (SSSR count). The Balaban J connectivity index is 2.14. The van der Waals surface area contributed by atoms with E-state index in [0.717, 1.165) is 63.9 Å². The number of carbonyl (C=O) groups is 1. The van der Waals surface area contributed by atoms with E-state index in [-0.39, 0.29) is 5.56 Å². The van der Waals surface area contributed by atoms with Crippen molar-refractivity contribution < 1.29 is 14.3 Å². The van der Waals surface area contributed by atoms with Crippen LogP contribution in [0.3, 0.4) is 0 Å². The molecule has 1 N–H and O–H groups in total. The molecule has 2 aromatic carbocycles. The number of unbranched alkanes of at least 4 members (excludes halogenated alkanes) is 1. The summed E-state index contributed by atoms with van der Waals surface area (Å²) in [4.78, 5) is 14.1. The van der Waals surface area contributed by atoms with E-state index in [1.807, 2.05) is 49.3 Å². The van der Waals surface area contributed by atoms with E-state index in [2.05, 4.69) is 37.6 Å². The van der Waals surface area contributed by atoms with Gasteiger partial charge in [0.05, 0.1) is 11.6 Å². The molecule has 0 spiro atoms. The Morgan fingerprint density at radius 3 is 2.52 bits per heavy atom. The van der Waals surface area contributed by atoms with Crippen LogP contribution >= 0.6 is 0 Å². The van der Waals surface area contributed by atoms with Gasteiger partial charge in [-0.2, -0.15) is 0 Å². The van der Waals surface area contributed by atoms with Crippen LogP contribution in [0.5, 0.6) is 0 Å². The monoisotopic (exact) mass is 443 g/mol. The molecule has 1 aliphatic carbocycles. The lowest BCUT2D eigenvalue weighted by atomic mass is 9.90. The fourth-order valence-electron chi connectivity index (χ4n) is 4.41. The summed E-state index contributed by atoms with van der Waals surface area (Å²) in [6, 6.07) is 17.5. The standard InChI is InChI=1S/C28H30N2O3/c1-6-7-14-30(5)24-17-26-23(15-18(24)2)27(20-10-8-9-11-21(20)28(31)32)22-13-12-19(29(3)4)16-25(22)33-26/h8-13,15-17H,6-7,14H2,1-5H3/p+1. The highest BCUT2D eigenvalue weighted by molar-refractivity contribution is 6.07. The van der Waals surface area contributed by atoms with Crippen molar-refractivity contribution in [2.45, 2.75) is 26.7 Å². The summed E-state index contributed by atoms with van der Waals surface area (Å²) < 4.78 is 8.71. The van der Waals surface area contributed by atoms with Gasteiger partial charge in [-0.1, -0.05) is 31.5 Å². The van der Waals surface area contributed by atoms with Crippen molar-refractivity contribution in [3.63, 3.8) is 0 Å². The van der Waals surface area contributed by atoms with Gasteiger partial charge in [-0.05, 0) is 36.8 Å². The zero-order chi connectivity index (χ0) is 23.7. The van der Waals surface area contributed by atoms with E-state index >= 15 is 0 Å². The molecule has 0 aromatic heterocycles. The highest BCUT2D eigenvalue weighted by Crippen LogP contribution is 2.42. The Kier molecular flexibility index (Phi) is 6.23. The maximum absolute atomic E-state index is 12.1. The van der Waals surface area contributed by atoms with Gasteiger partial charge < -0.3 is 14.4 Å². The smallest absolute Gasteiger partial charge is 0.336 e. The number of aryl methyl sites for hydroxylation is 1. The number of benzene rings is 3. The Labute approximate surface area is 194 Å². The molecular weight excluding hydrogens is 412 g/mol. The molecule has 0 amide bonds. The first-order chi connectivity index (χ1) is 15.8. The predicted molar refractivity (Wildman–Crippen MR) is 135 cm³/mol. The van der Waals surface area contributed by atoms with Gasteiger partial charge in [0.15, 0.2) is 0 Å². The summed E-state index contributed by atoms with van der Waals surface area (Å²) in [6.07, 6.45) is 2.25. The number of nitrogens with zero attached hydrogens (tertiary/aromatic N) is 2. The minimum atomic E-state index is -0.940. The second-order valence-corrected chi connectivity index (χ2v) is 8.81. The molecule has 0 atom stereocenters. The first kappa shape index (κ1) is 22.6. The number of fused-ring (bicyclic) bond motifs is 2. The molecule has 2 aromatic rings. The van der Waals surface area contributed by atoms with Crippen LogP contribution in [-0.4, -0.2) is 38.8 Å². The van der Waals surface area contributed by atoms with E-state index in [0.29, 0.717) is 5.56 Å². The Morgan fingerprint density at radius 1 is 1.06 bits per heavy atom. The molecule has 1 heterocycles. The first-order valence-corrected chi connectivity index (χ1v) is 11.4. The van der Waals surface area contributed by atoms with Gasteiger partial charge in [-0.25, -0.2) is 9.37 Å². The molecule has 0 saturated carbocycles. The van der Waals surface area contributed by atoms with Crippen molar-refractivity contribution >= 4 is 22.6 Å². The Hall–Kier alpha value is -3.60. The molecule has 2 aliphatic rings. The molecule has 170 valence electrons. The topological polar surface area (TPSA) is 56.7 Å². The van der Waals surface area contributed by atoms with Gasteiger partial charge in [-0.15, -0.1) is 0 Å². The van der Waals surface area contributed by atoms with E-state index in [1.165, 1.54) is 0 Å². The van der Waals surface area contributed by atoms with Crippen LogP contribution < -0.4 is 14.8 Å². The Morgan fingerprint density at radius 2 is 1.82 bits per heavy atom. The van der Waals surface area contributed by atoms with Gasteiger partial charge in [0.2, 0.25) is 5.36 Å². The third kappa shape index (κ3) is 4.23. The zero-order valence-corrected chi connectivity index (χ0v) is 20.0. The summed E-state index contributed by atoms with van der Waals surface area (Å²) in [5, 5.41) is 11.9. The van der Waals surface area contributed by atoms with Gasteiger partial charge in [-0.3, -0.25) is 0 Å². The van der Waals surface area contributed by atoms with Gasteiger partial charge in [0.25, 0.3) is 0 Å². The molecule has 0 fully saturated rings. The number of rotatable bonds is 6. The quantitative estimate of drug-likeness (QED) is 0.317. The van der Waals surface area contributed by atoms with Gasteiger partial charge in [0, 0.05) is 54.3 Å². The number of hydrogen-bond donors (Lipinski definition) is 1. The number of carboxylic acids is 1. The molecule has 33 heavy (non-hydrogen) atoms. The molecule has 1 aliphatic heterocycles. The summed E-state index contributed by atoms with van der Waals surface area (Å²) in [7, 11) is 6.09. The second kappa shape index (κ2) is 9.10. The van der Waals surface area contributed by atoms with Crippen LogP contribution in [0.4, 0.5) is 5.69 Å². The van der Waals surface area contributed by atoms with Crippen LogP contribution in [0.25, 0.3) is 33.4 Å². The van der Waals surface area contributed by atoms with Crippen molar-refractivity contribution in [3.05, 3.63) is 71.1 Å². The summed E-state index contributed by atoms with van der Waals surface area (Å²) in [6.45, 7) is 5.26. The third-order valence-corrected chi connectivity index (χ3v) is 6.22. The highest BCUT2D eigenvalue weighted by Gasteiger charge is 2.23. The lowest BCUT2D eigenvalue weighted by Crippen LogP contribution is -2.29. The van der Waals surface area contributed by atoms with Crippen LogP contribution in [-0.2, 0) is 0 Å². The van der Waals surface area contributed by atoms with Crippen LogP contribution in [0.1, 0.15) is 35.7 Å². The second-order valence-electron chi connectivity index (χ2n) is 8.81. The minimum absolute atomic E-state index is 0.282. The average molecular weight is 444 g/mol. The van der Waals surface area contributed by atoms with Crippen molar-refractivity contribution in [1.29, 1.82) is 0 Å². The van der Waals surface area contributed by atoms with Gasteiger partial charge in [0.1, 0.15) is 24.9 Å². The fraction of sp³-hybridized carbons (Fsp3) is 0.286. The number of anilines is 1. The van der Waals surface area contributed by atoms with Crippen molar-refractivity contribution in [2.75, 3.05) is 32.6 Å². The summed E-state index contributed by atoms with van der Waals surface area (Å²) in [5.41, 5.74) is 5.67. The Bertz CT molecular complexity index is 1380. The average Bonchev–Trinajstić information content (AvgIpc) is 2.80. The fourth-order valence-corrected chi connectivity index (χ4v) is 4.41. The third-order valence-electron chi connectivity index (χ3n) is 6.22. The lowest BCUT2D eigenvalue weighted by Gasteiger charge is -2.19. The first-order valence-electron chi connectivity index (χ1n) is 11.4. The molecule has 0 radical (unpaired) electrons. The lowest BCUT2D eigenvalue weighted by molar-refractivity contribution is 0.0697. The normalized spacial score (nSPS) is 12.3. The van der Waals surface area contributed by atoms with E-state index in [4.69, 9.17) is 4.42 Å². The zero-order valence-electron chi connectivity index (χ0n) is 20.0. The van der Waals surface area contributed by atoms with Crippen LogP contribution in [0.2, 0.25) is 0 Å². The van der Waals surface area contributed by atoms with Crippen molar-refractivity contribution in [3.8, 4) is 22.5 Å². The molecular formula is C28H31N2O3+. The van der Waals surface area contributed by atoms with Crippen molar-refractivity contribution in [1.82, 2.24) is 4.58 Å². The summed E-state index contributed by atoms with van der Waals surface area (Å²) in [5.74, 6) is -0.192.